The summed E-state index contributed by atoms with van der Waals surface area (Å²) in [6, 6.07) is 5.93. The number of nitrogens with zero attached hydrogens (tertiary/aromatic N) is 1. The first kappa shape index (κ1) is 24.1. The minimum Gasteiger partial charge on any atom is -0.465 e. The third-order valence-corrected chi connectivity index (χ3v) is 8.51. The molecule has 0 radical (unpaired) electrons. The lowest BCUT2D eigenvalue weighted by Gasteiger charge is -2.27. The molecule has 1 N–H and O–H groups in total. The van der Waals surface area contributed by atoms with Crippen LogP contribution in [0.25, 0.3) is 0 Å². The second kappa shape index (κ2) is 9.93. The SMILES string of the molecule is C/C=C(\C)C(=O)N1CCc2c(sc(S(=O)(=O)NCCc3cccc(F)c3)c2C(=O)OC)C1. The van der Waals surface area contributed by atoms with Gasteiger partial charge in [0.1, 0.15) is 10.0 Å². The Hall–Kier alpha value is -2.56. The van der Waals surface area contributed by atoms with E-state index >= 15 is 0 Å². The first-order valence-electron chi connectivity index (χ1n) is 10.1. The number of allylic oxidation sites excluding steroid dienone is 1. The molecule has 1 amide bonds. The fourth-order valence-electron chi connectivity index (χ4n) is 3.51. The van der Waals surface area contributed by atoms with Crippen LogP contribution in [0, 0.1) is 5.82 Å². The number of carbonyl (C=O) groups excluding carboxylic acids is 2. The number of carbonyl (C=O) groups is 2. The van der Waals surface area contributed by atoms with Gasteiger partial charge in [0.25, 0.3) is 10.0 Å². The Kier molecular flexibility index (Phi) is 7.47. The molecule has 0 fully saturated rings. The number of ether oxygens (including phenoxy) is 1. The number of hydrogen-bond acceptors (Lipinski definition) is 6. The van der Waals surface area contributed by atoms with Crippen molar-refractivity contribution < 1.29 is 27.1 Å². The number of hydrogen-bond donors (Lipinski definition) is 1. The van der Waals surface area contributed by atoms with Gasteiger partial charge < -0.3 is 9.64 Å². The molecule has 0 spiro atoms. The lowest BCUT2D eigenvalue weighted by Crippen LogP contribution is -2.36. The average Bonchev–Trinajstić information content (AvgIpc) is 3.17. The van der Waals surface area contributed by atoms with E-state index in [0.717, 1.165) is 11.3 Å². The zero-order valence-corrected chi connectivity index (χ0v) is 19.7. The quantitative estimate of drug-likeness (QED) is 0.486. The molecule has 0 atom stereocenters. The van der Waals surface area contributed by atoms with Crippen LogP contribution in [-0.4, -0.2) is 45.4 Å². The summed E-state index contributed by atoms with van der Waals surface area (Å²) >= 11 is 0.977. The first-order valence-corrected chi connectivity index (χ1v) is 12.4. The van der Waals surface area contributed by atoms with E-state index in [-0.39, 0.29) is 28.8 Å². The van der Waals surface area contributed by atoms with Crippen molar-refractivity contribution in [1.29, 1.82) is 0 Å². The number of sulfonamides is 1. The van der Waals surface area contributed by atoms with Crippen molar-refractivity contribution in [3.05, 3.63) is 63.3 Å². The van der Waals surface area contributed by atoms with Crippen LogP contribution in [0.15, 0.2) is 40.1 Å². The smallest absolute Gasteiger partial charge is 0.340 e. The molecule has 0 saturated carbocycles. The topological polar surface area (TPSA) is 92.8 Å². The molecule has 32 heavy (non-hydrogen) atoms. The van der Waals surface area contributed by atoms with Crippen molar-refractivity contribution in [3.8, 4) is 0 Å². The van der Waals surface area contributed by atoms with E-state index in [2.05, 4.69) is 4.72 Å². The van der Waals surface area contributed by atoms with Crippen LogP contribution in [0.2, 0.25) is 0 Å². The highest BCUT2D eigenvalue weighted by atomic mass is 32.2. The summed E-state index contributed by atoms with van der Waals surface area (Å²) in [7, 11) is -2.82. The van der Waals surface area contributed by atoms with E-state index in [1.54, 1.807) is 37.0 Å². The maximum atomic E-state index is 13.3. The summed E-state index contributed by atoms with van der Waals surface area (Å²) in [6.45, 7) is 4.16. The van der Waals surface area contributed by atoms with E-state index in [4.69, 9.17) is 4.74 Å². The monoisotopic (exact) mass is 480 g/mol. The Labute approximate surface area is 190 Å². The summed E-state index contributed by atoms with van der Waals surface area (Å²) in [4.78, 5) is 27.3. The van der Waals surface area contributed by atoms with Gasteiger partial charge in [-0.25, -0.2) is 22.3 Å². The van der Waals surface area contributed by atoms with Crippen LogP contribution < -0.4 is 4.72 Å². The van der Waals surface area contributed by atoms with E-state index < -0.39 is 21.8 Å². The molecule has 1 aliphatic heterocycles. The summed E-state index contributed by atoms with van der Waals surface area (Å²) in [5, 5.41) is 0. The molecule has 2 heterocycles. The lowest BCUT2D eigenvalue weighted by molar-refractivity contribution is -0.127. The van der Waals surface area contributed by atoms with Crippen LogP contribution in [0.5, 0.6) is 0 Å². The average molecular weight is 481 g/mol. The predicted octanol–water partition coefficient (Wildman–Crippen LogP) is 3.05. The molecule has 3 rings (SSSR count). The first-order chi connectivity index (χ1) is 15.2. The fraction of sp³-hybridized carbons (Fsp3) is 0.364. The van der Waals surface area contributed by atoms with Gasteiger partial charge in [0.15, 0.2) is 0 Å². The lowest BCUT2D eigenvalue weighted by atomic mass is 10.0. The van der Waals surface area contributed by atoms with Crippen molar-refractivity contribution >= 4 is 33.2 Å². The van der Waals surface area contributed by atoms with Crippen LogP contribution in [-0.2, 0) is 38.9 Å². The molecule has 10 heteroatoms. The molecule has 1 aliphatic rings. The molecule has 0 aliphatic carbocycles. The third kappa shape index (κ3) is 5.08. The van der Waals surface area contributed by atoms with Crippen molar-refractivity contribution in [2.45, 2.75) is 37.4 Å². The number of benzene rings is 1. The van der Waals surface area contributed by atoms with Gasteiger partial charge in [0.2, 0.25) is 5.91 Å². The van der Waals surface area contributed by atoms with Gasteiger partial charge >= 0.3 is 5.97 Å². The number of amides is 1. The second-order valence-corrected chi connectivity index (χ2v) is 10.5. The Morgan fingerprint density at radius 1 is 1.34 bits per heavy atom. The minimum atomic E-state index is -4.02. The van der Waals surface area contributed by atoms with Gasteiger partial charge in [-0.05, 0) is 49.9 Å². The molecule has 0 unspecified atom stereocenters. The van der Waals surface area contributed by atoms with Crippen molar-refractivity contribution in [2.75, 3.05) is 20.2 Å². The maximum absolute atomic E-state index is 13.3. The highest BCUT2D eigenvalue weighted by Crippen LogP contribution is 2.37. The summed E-state index contributed by atoms with van der Waals surface area (Å²) in [6.07, 6.45) is 2.38. The standard InChI is InChI=1S/C22H25FN2O5S2/c1-4-14(2)20(26)25-11-9-17-18(13-25)31-22(19(17)21(27)30-3)32(28,29)24-10-8-15-6-5-7-16(23)12-15/h4-7,12,24H,8-11,13H2,1-3H3/b14-4+. The number of halogens is 1. The molecule has 1 aromatic carbocycles. The number of esters is 1. The molecular weight excluding hydrogens is 455 g/mol. The molecule has 0 bridgehead atoms. The van der Waals surface area contributed by atoms with E-state index in [1.165, 1.54) is 19.2 Å². The van der Waals surface area contributed by atoms with Crippen LogP contribution >= 0.6 is 11.3 Å². The number of nitrogens with one attached hydrogen (secondary N) is 1. The van der Waals surface area contributed by atoms with Crippen LogP contribution in [0.1, 0.15) is 40.2 Å². The Morgan fingerprint density at radius 3 is 2.75 bits per heavy atom. The predicted molar refractivity (Wildman–Crippen MR) is 120 cm³/mol. The largest absolute Gasteiger partial charge is 0.465 e. The number of rotatable bonds is 7. The van der Waals surface area contributed by atoms with Gasteiger partial charge in [0.05, 0.1) is 19.2 Å². The van der Waals surface area contributed by atoms with Gasteiger partial charge in [-0.2, -0.15) is 0 Å². The van der Waals surface area contributed by atoms with Crippen molar-refractivity contribution in [2.24, 2.45) is 0 Å². The molecule has 1 aromatic heterocycles. The Morgan fingerprint density at radius 2 is 2.09 bits per heavy atom. The number of fused-ring (bicyclic) bond motifs is 1. The number of thiophene rings is 1. The number of methoxy groups -OCH3 is 1. The van der Waals surface area contributed by atoms with Crippen molar-refractivity contribution in [3.63, 3.8) is 0 Å². The van der Waals surface area contributed by atoms with Crippen LogP contribution in [0.3, 0.4) is 0 Å². The zero-order chi connectivity index (χ0) is 23.5. The summed E-state index contributed by atoms with van der Waals surface area (Å²) in [5.74, 6) is -1.24. The minimum absolute atomic E-state index is 0.0283. The summed E-state index contributed by atoms with van der Waals surface area (Å²) in [5.41, 5.74) is 1.89. The molecular formula is C22H25FN2O5S2. The fourth-order valence-corrected chi connectivity index (χ4v) is 6.48. The van der Waals surface area contributed by atoms with Crippen LogP contribution in [0.4, 0.5) is 4.39 Å². The van der Waals surface area contributed by atoms with Crippen molar-refractivity contribution in [1.82, 2.24) is 9.62 Å². The van der Waals surface area contributed by atoms with Gasteiger partial charge in [0, 0.05) is 23.5 Å². The molecule has 0 saturated heterocycles. The van der Waals surface area contributed by atoms with E-state index in [9.17, 15) is 22.4 Å². The maximum Gasteiger partial charge on any atom is 0.340 e. The molecule has 7 nitrogen and oxygen atoms in total. The van der Waals surface area contributed by atoms with Gasteiger partial charge in [-0.1, -0.05) is 18.2 Å². The Bertz CT molecular complexity index is 1170. The highest BCUT2D eigenvalue weighted by molar-refractivity contribution is 7.91. The Balaban J connectivity index is 1.86. The summed E-state index contributed by atoms with van der Waals surface area (Å²) < 4.78 is 46.7. The molecule has 2 aromatic rings. The van der Waals surface area contributed by atoms with Gasteiger partial charge in [-0.15, -0.1) is 11.3 Å². The van der Waals surface area contributed by atoms with E-state index in [0.29, 0.717) is 41.0 Å². The zero-order valence-electron chi connectivity index (χ0n) is 18.1. The normalized spacial score (nSPS) is 14.2. The second-order valence-electron chi connectivity index (χ2n) is 7.38. The van der Waals surface area contributed by atoms with E-state index in [1.807, 2.05) is 0 Å². The molecule has 172 valence electrons. The highest BCUT2D eigenvalue weighted by Gasteiger charge is 2.34. The van der Waals surface area contributed by atoms with Gasteiger partial charge in [-0.3, -0.25) is 4.79 Å². The third-order valence-electron chi connectivity index (χ3n) is 5.31.